The lowest BCUT2D eigenvalue weighted by molar-refractivity contribution is 0.0930. The minimum absolute atomic E-state index is 0.0389. The van der Waals surface area contributed by atoms with E-state index in [0.29, 0.717) is 17.7 Å². The van der Waals surface area contributed by atoms with Crippen molar-refractivity contribution in [3.05, 3.63) is 29.8 Å². The molecule has 0 aromatic heterocycles. The maximum atomic E-state index is 12.4. The van der Waals surface area contributed by atoms with Crippen molar-refractivity contribution in [3.63, 3.8) is 0 Å². The second kappa shape index (κ2) is 7.60. The minimum atomic E-state index is -3.41. The van der Waals surface area contributed by atoms with Crippen molar-refractivity contribution >= 4 is 21.6 Å². The summed E-state index contributed by atoms with van der Waals surface area (Å²) in [7, 11) is -3.41. The van der Waals surface area contributed by atoms with E-state index in [4.69, 9.17) is 0 Å². The standard InChI is InChI=1S/C15H23N3O3S/c1-2-11-22(20,21)18-14-6-4-3-5-13(14)15(19)17-12-7-9-16-10-8-12/h3-6,12,16,18H,2,7-11H2,1H3,(H,17,19). The Bertz CT molecular complexity index is 610. The van der Waals surface area contributed by atoms with Crippen LogP contribution in [0.3, 0.4) is 0 Å². The molecule has 1 heterocycles. The number of anilines is 1. The molecular formula is C15H23N3O3S. The minimum Gasteiger partial charge on any atom is -0.349 e. The number of carbonyl (C=O) groups excluding carboxylic acids is 1. The molecule has 0 spiro atoms. The number of amides is 1. The van der Waals surface area contributed by atoms with Crippen LogP contribution < -0.4 is 15.4 Å². The monoisotopic (exact) mass is 325 g/mol. The van der Waals surface area contributed by atoms with Crippen LogP contribution >= 0.6 is 0 Å². The highest BCUT2D eigenvalue weighted by Gasteiger charge is 2.19. The van der Waals surface area contributed by atoms with Gasteiger partial charge in [-0.15, -0.1) is 0 Å². The van der Waals surface area contributed by atoms with Gasteiger partial charge in [0, 0.05) is 6.04 Å². The van der Waals surface area contributed by atoms with Crippen LogP contribution in [-0.4, -0.2) is 39.2 Å². The first-order valence-corrected chi connectivity index (χ1v) is 9.28. The van der Waals surface area contributed by atoms with Crippen LogP contribution in [0.15, 0.2) is 24.3 Å². The Kier molecular flexibility index (Phi) is 5.79. The summed E-state index contributed by atoms with van der Waals surface area (Å²) >= 11 is 0. The van der Waals surface area contributed by atoms with Gasteiger partial charge in [-0.05, 0) is 44.5 Å². The SMILES string of the molecule is CCCS(=O)(=O)Nc1ccccc1C(=O)NC1CCNCC1. The molecule has 3 N–H and O–H groups in total. The summed E-state index contributed by atoms with van der Waals surface area (Å²) in [5, 5.41) is 6.22. The fourth-order valence-electron chi connectivity index (χ4n) is 2.49. The summed E-state index contributed by atoms with van der Waals surface area (Å²) in [6.07, 6.45) is 2.30. The zero-order chi connectivity index (χ0) is 16.0. The molecule has 0 aliphatic carbocycles. The molecule has 0 radical (unpaired) electrons. The second-order valence-corrected chi connectivity index (χ2v) is 7.31. The number of carbonyl (C=O) groups is 1. The van der Waals surface area contributed by atoms with Crippen molar-refractivity contribution in [1.82, 2.24) is 10.6 Å². The lowest BCUT2D eigenvalue weighted by Gasteiger charge is -2.24. The average Bonchev–Trinajstić information content (AvgIpc) is 2.48. The van der Waals surface area contributed by atoms with Gasteiger partial charge in [0.15, 0.2) is 0 Å². The van der Waals surface area contributed by atoms with E-state index >= 15 is 0 Å². The third-order valence-electron chi connectivity index (χ3n) is 3.58. The van der Waals surface area contributed by atoms with Crippen LogP contribution in [0.1, 0.15) is 36.5 Å². The van der Waals surface area contributed by atoms with Gasteiger partial charge >= 0.3 is 0 Å². The number of sulfonamides is 1. The molecule has 0 saturated carbocycles. The molecule has 7 heteroatoms. The predicted octanol–water partition coefficient (Wildman–Crippen LogP) is 1.32. The number of piperidine rings is 1. The van der Waals surface area contributed by atoms with E-state index in [1.807, 2.05) is 0 Å². The summed E-state index contributed by atoms with van der Waals surface area (Å²) in [5.74, 6) is -0.196. The number of benzene rings is 1. The maximum absolute atomic E-state index is 12.4. The van der Waals surface area contributed by atoms with E-state index in [1.54, 1.807) is 31.2 Å². The molecule has 1 aliphatic rings. The molecule has 22 heavy (non-hydrogen) atoms. The third-order valence-corrected chi connectivity index (χ3v) is 5.06. The molecule has 2 rings (SSSR count). The number of rotatable bonds is 6. The highest BCUT2D eigenvalue weighted by Crippen LogP contribution is 2.17. The molecule has 122 valence electrons. The topological polar surface area (TPSA) is 87.3 Å². The van der Waals surface area contributed by atoms with Crippen LogP contribution in [0.5, 0.6) is 0 Å². The van der Waals surface area contributed by atoms with Crippen molar-refractivity contribution in [2.75, 3.05) is 23.6 Å². The lowest BCUT2D eigenvalue weighted by Crippen LogP contribution is -2.42. The molecule has 0 unspecified atom stereocenters. The summed E-state index contributed by atoms with van der Waals surface area (Å²) in [6, 6.07) is 6.83. The van der Waals surface area contributed by atoms with Gasteiger partial charge < -0.3 is 10.6 Å². The van der Waals surface area contributed by atoms with Crippen molar-refractivity contribution in [3.8, 4) is 0 Å². The van der Waals surface area contributed by atoms with Gasteiger partial charge in [-0.1, -0.05) is 19.1 Å². The van der Waals surface area contributed by atoms with E-state index in [9.17, 15) is 13.2 Å². The molecule has 1 fully saturated rings. The molecule has 1 saturated heterocycles. The zero-order valence-corrected chi connectivity index (χ0v) is 13.6. The van der Waals surface area contributed by atoms with Crippen LogP contribution in [0.2, 0.25) is 0 Å². The van der Waals surface area contributed by atoms with Gasteiger partial charge in [-0.3, -0.25) is 9.52 Å². The first-order valence-electron chi connectivity index (χ1n) is 7.63. The van der Waals surface area contributed by atoms with Crippen LogP contribution in [0, 0.1) is 0 Å². The first kappa shape index (κ1) is 16.8. The van der Waals surface area contributed by atoms with Crippen LogP contribution in [-0.2, 0) is 10.0 Å². The van der Waals surface area contributed by atoms with Crippen LogP contribution in [0.25, 0.3) is 0 Å². The molecule has 1 aromatic rings. The Morgan fingerprint density at radius 2 is 1.95 bits per heavy atom. The fraction of sp³-hybridized carbons (Fsp3) is 0.533. The fourth-order valence-corrected chi connectivity index (χ4v) is 3.64. The van der Waals surface area contributed by atoms with Gasteiger partial charge in [-0.25, -0.2) is 8.42 Å². The van der Waals surface area contributed by atoms with E-state index in [1.165, 1.54) is 0 Å². The number of hydrogen-bond acceptors (Lipinski definition) is 4. The van der Waals surface area contributed by atoms with Crippen molar-refractivity contribution in [2.24, 2.45) is 0 Å². The average molecular weight is 325 g/mol. The Balaban J connectivity index is 2.11. The van der Waals surface area contributed by atoms with Gasteiger partial charge in [0.05, 0.1) is 17.0 Å². The predicted molar refractivity (Wildman–Crippen MR) is 87.5 cm³/mol. The molecule has 1 aliphatic heterocycles. The van der Waals surface area contributed by atoms with Gasteiger partial charge in [-0.2, -0.15) is 0 Å². The van der Waals surface area contributed by atoms with E-state index in [0.717, 1.165) is 25.9 Å². The second-order valence-electron chi connectivity index (χ2n) is 5.46. The van der Waals surface area contributed by atoms with Crippen molar-refractivity contribution < 1.29 is 13.2 Å². The number of para-hydroxylation sites is 1. The normalized spacial score (nSPS) is 16.2. The maximum Gasteiger partial charge on any atom is 0.253 e. The molecular weight excluding hydrogens is 302 g/mol. The third kappa shape index (κ3) is 4.71. The summed E-state index contributed by atoms with van der Waals surface area (Å²) in [6.45, 7) is 3.57. The van der Waals surface area contributed by atoms with Gasteiger partial charge in [0.1, 0.15) is 0 Å². The highest BCUT2D eigenvalue weighted by atomic mass is 32.2. The molecule has 6 nitrogen and oxygen atoms in total. The van der Waals surface area contributed by atoms with Crippen molar-refractivity contribution in [1.29, 1.82) is 0 Å². The lowest BCUT2D eigenvalue weighted by atomic mass is 10.1. The van der Waals surface area contributed by atoms with Crippen molar-refractivity contribution in [2.45, 2.75) is 32.2 Å². The van der Waals surface area contributed by atoms with E-state index in [-0.39, 0.29) is 17.7 Å². The Morgan fingerprint density at radius 1 is 1.27 bits per heavy atom. The summed E-state index contributed by atoms with van der Waals surface area (Å²) < 4.78 is 26.3. The van der Waals surface area contributed by atoms with Gasteiger partial charge in [0.25, 0.3) is 5.91 Å². The Morgan fingerprint density at radius 3 is 2.64 bits per heavy atom. The zero-order valence-electron chi connectivity index (χ0n) is 12.8. The molecule has 0 bridgehead atoms. The molecule has 1 aromatic carbocycles. The molecule has 0 atom stereocenters. The van der Waals surface area contributed by atoms with E-state index in [2.05, 4.69) is 15.4 Å². The largest absolute Gasteiger partial charge is 0.349 e. The first-order chi connectivity index (χ1) is 10.5. The summed E-state index contributed by atoms with van der Waals surface area (Å²) in [4.78, 5) is 12.4. The van der Waals surface area contributed by atoms with Gasteiger partial charge in [0.2, 0.25) is 10.0 Å². The van der Waals surface area contributed by atoms with E-state index < -0.39 is 10.0 Å². The molecule has 1 amide bonds. The quantitative estimate of drug-likeness (QED) is 0.736. The number of hydrogen-bond donors (Lipinski definition) is 3. The Hall–Kier alpha value is -1.60. The smallest absolute Gasteiger partial charge is 0.253 e. The highest BCUT2D eigenvalue weighted by molar-refractivity contribution is 7.92. The summed E-state index contributed by atoms with van der Waals surface area (Å²) in [5.41, 5.74) is 0.697. The van der Waals surface area contributed by atoms with Crippen LogP contribution in [0.4, 0.5) is 5.69 Å². The number of nitrogens with one attached hydrogen (secondary N) is 3. The Labute approximate surface area is 131 Å².